The average molecular weight is 507 g/mol. The van der Waals surface area contributed by atoms with Gasteiger partial charge < -0.3 is 35.4 Å². The number of carbonyl (C=O) groups excluding carboxylic acids is 3. The molecule has 1 aromatic carbocycles. The van der Waals surface area contributed by atoms with E-state index in [-0.39, 0.29) is 24.8 Å². The van der Waals surface area contributed by atoms with Gasteiger partial charge in [0.1, 0.15) is 30.5 Å². The number of aliphatic hydroxyl groups is 3. The molecule has 0 spiro atoms. The number of hydrogen-bond acceptors (Lipinski definition) is 8. The number of carbonyl (C=O) groups is 3. The first-order valence-electron chi connectivity index (χ1n) is 12.0. The molecule has 1 fully saturated rings. The number of benzene rings is 1. The molecule has 1 aromatic rings. The van der Waals surface area contributed by atoms with Gasteiger partial charge in [-0.15, -0.1) is 0 Å². The zero-order valence-electron chi connectivity index (χ0n) is 21.2. The minimum Gasteiger partial charge on any atom is -0.460 e. The first-order valence-corrected chi connectivity index (χ1v) is 12.0. The van der Waals surface area contributed by atoms with E-state index in [0.717, 1.165) is 5.56 Å². The maximum absolute atomic E-state index is 12.8. The van der Waals surface area contributed by atoms with Crippen LogP contribution in [0.2, 0.25) is 0 Å². The Morgan fingerprint density at radius 3 is 2.42 bits per heavy atom. The van der Waals surface area contributed by atoms with Crippen molar-refractivity contribution >= 4 is 17.8 Å². The van der Waals surface area contributed by atoms with E-state index in [1.165, 1.54) is 13.2 Å². The van der Waals surface area contributed by atoms with E-state index in [0.29, 0.717) is 6.42 Å². The van der Waals surface area contributed by atoms with Crippen molar-refractivity contribution in [3.05, 3.63) is 48.0 Å². The Morgan fingerprint density at radius 1 is 1.14 bits per heavy atom. The summed E-state index contributed by atoms with van der Waals surface area (Å²) in [4.78, 5) is 37.5. The Morgan fingerprint density at radius 2 is 1.81 bits per heavy atom. The van der Waals surface area contributed by atoms with Crippen LogP contribution in [-0.2, 0) is 30.3 Å². The molecule has 0 aromatic heterocycles. The molecule has 2 rings (SSSR count). The molecular weight excluding hydrogens is 468 g/mol. The predicted molar refractivity (Wildman–Crippen MR) is 132 cm³/mol. The van der Waals surface area contributed by atoms with Crippen LogP contribution < -0.4 is 10.6 Å². The average Bonchev–Trinajstić information content (AvgIpc) is 2.98. The molecule has 0 bridgehead atoms. The van der Waals surface area contributed by atoms with Crippen LogP contribution in [0.1, 0.15) is 39.2 Å². The Balaban J connectivity index is 1.92. The maximum Gasteiger partial charge on any atom is 0.310 e. The van der Waals surface area contributed by atoms with Gasteiger partial charge in [-0.2, -0.15) is 0 Å². The largest absolute Gasteiger partial charge is 0.460 e. The molecule has 0 aliphatic carbocycles. The molecular formula is C26H38N2O8. The monoisotopic (exact) mass is 506 g/mol. The van der Waals surface area contributed by atoms with E-state index >= 15 is 0 Å². The normalized spacial score (nSPS) is 22.1. The zero-order valence-corrected chi connectivity index (χ0v) is 21.2. The van der Waals surface area contributed by atoms with E-state index in [1.807, 2.05) is 51.1 Å². The predicted octanol–water partition coefficient (Wildman–Crippen LogP) is 0.236. The smallest absolute Gasteiger partial charge is 0.310 e. The third-order valence-electron chi connectivity index (χ3n) is 5.72. The highest BCUT2D eigenvalue weighted by Gasteiger charge is 2.37. The van der Waals surface area contributed by atoms with Crippen molar-refractivity contribution in [2.45, 2.75) is 76.6 Å². The van der Waals surface area contributed by atoms with Crippen LogP contribution in [0.4, 0.5) is 0 Å². The topological polar surface area (TPSA) is 154 Å². The van der Waals surface area contributed by atoms with Crippen LogP contribution >= 0.6 is 0 Å². The van der Waals surface area contributed by atoms with Crippen molar-refractivity contribution in [1.29, 1.82) is 0 Å². The Bertz CT molecular complexity index is 899. The van der Waals surface area contributed by atoms with Gasteiger partial charge in [-0.05, 0) is 23.8 Å². The highest BCUT2D eigenvalue weighted by Crippen LogP contribution is 2.17. The van der Waals surface area contributed by atoms with E-state index in [9.17, 15) is 29.7 Å². The highest BCUT2D eigenvalue weighted by atomic mass is 16.5. The second-order valence-electron chi connectivity index (χ2n) is 10.0. The number of aliphatic hydroxyl groups excluding tert-OH is 3. The minimum atomic E-state index is -1.75. The van der Waals surface area contributed by atoms with Crippen molar-refractivity contribution in [2.75, 3.05) is 13.7 Å². The van der Waals surface area contributed by atoms with Gasteiger partial charge in [-0.1, -0.05) is 63.3 Å². The second kappa shape index (κ2) is 13.5. The summed E-state index contributed by atoms with van der Waals surface area (Å²) in [6.07, 6.45) is -3.34. The quantitative estimate of drug-likeness (QED) is 0.223. The van der Waals surface area contributed by atoms with Crippen LogP contribution in [0.5, 0.6) is 0 Å². The van der Waals surface area contributed by atoms with Crippen LogP contribution in [0.3, 0.4) is 0 Å². The Labute approximate surface area is 211 Å². The molecule has 1 saturated heterocycles. The van der Waals surface area contributed by atoms with Crippen molar-refractivity contribution < 1.29 is 39.2 Å². The maximum atomic E-state index is 12.8. The second-order valence-corrected chi connectivity index (χ2v) is 10.0. The lowest BCUT2D eigenvalue weighted by molar-refractivity contribution is -0.151. The molecule has 1 aliphatic rings. The van der Waals surface area contributed by atoms with E-state index < -0.39 is 54.3 Å². The Hall–Kier alpha value is -2.79. The van der Waals surface area contributed by atoms with E-state index in [1.54, 1.807) is 6.08 Å². The molecule has 5 N–H and O–H groups in total. The van der Waals surface area contributed by atoms with Gasteiger partial charge in [0.15, 0.2) is 6.10 Å². The molecule has 6 atom stereocenters. The molecule has 0 radical (unpaired) electrons. The fourth-order valence-electron chi connectivity index (χ4n) is 3.69. The standard InChI is InChI=1S/C26H38N2O8/c1-26(2,3)13-12-19(29)21(31)22(32)23(35-4)25(34)28-18-11-10-17(15-27-24(18)33)36-20(30)14-16-8-6-5-7-9-16/h5-9,12-13,17-19,21-23,29,31-32H,10-11,14-15H2,1-4H3,(H,27,33)(H,28,34)/b13-12+. The fourth-order valence-corrected chi connectivity index (χ4v) is 3.69. The van der Waals surface area contributed by atoms with Gasteiger partial charge in [0.05, 0.1) is 13.0 Å². The van der Waals surface area contributed by atoms with Crippen LogP contribution in [0.25, 0.3) is 0 Å². The molecule has 1 heterocycles. The van der Waals surface area contributed by atoms with Gasteiger partial charge in [0.25, 0.3) is 5.91 Å². The van der Waals surface area contributed by atoms with Gasteiger partial charge in [0.2, 0.25) is 5.91 Å². The summed E-state index contributed by atoms with van der Waals surface area (Å²) in [5.74, 6) is -1.71. The minimum absolute atomic E-state index is 0.104. The molecule has 200 valence electrons. The lowest BCUT2D eigenvalue weighted by atomic mass is 9.94. The van der Waals surface area contributed by atoms with Crippen LogP contribution in [-0.4, -0.2) is 83.3 Å². The van der Waals surface area contributed by atoms with Crippen LogP contribution in [0.15, 0.2) is 42.5 Å². The summed E-state index contributed by atoms with van der Waals surface area (Å²) >= 11 is 0. The number of rotatable bonds is 10. The summed E-state index contributed by atoms with van der Waals surface area (Å²) in [5.41, 5.74) is 0.556. The van der Waals surface area contributed by atoms with Gasteiger partial charge in [-0.3, -0.25) is 14.4 Å². The van der Waals surface area contributed by atoms with Crippen LogP contribution in [0, 0.1) is 5.41 Å². The lowest BCUT2D eigenvalue weighted by Crippen LogP contribution is -2.55. The number of allylic oxidation sites excluding steroid dienone is 1. The number of nitrogens with one attached hydrogen (secondary N) is 2. The molecule has 36 heavy (non-hydrogen) atoms. The van der Waals surface area contributed by atoms with Crippen molar-refractivity contribution in [1.82, 2.24) is 10.6 Å². The molecule has 6 unspecified atom stereocenters. The van der Waals surface area contributed by atoms with E-state index in [2.05, 4.69) is 10.6 Å². The van der Waals surface area contributed by atoms with Gasteiger partial charge in [0, 0.05) is 7.11 Å². The zero-order chi connectivity index (χ0) is 26.9. The molecule has 10 heteroatoms. The van der Waals surface area contributed by atoms with Gasteiger partial charge >= 0.3 is 5.97 Å². The number of amides is 2. The van der Waals surface area contributed by atoms with Gasteiger partial charge in [-0.25, -0.2) is 0 Å². The number of ether oxygens (including phenoxy) is 2. The fraction of sp³-hybridized carbons (Fsp3) is 0.577. The first kappa shape index (κ1) is 29.4. The summed E-state index contributed by atoms with van der Waals surface area (Å²) < 4.78 is 10.6. The molecule has 2 amide bonds. The molecule has 10 nitrogen and oxygen atoms in total. The Kier molecular flexibility index (Phi) is 11.0. The molecule has 1 aliphatic heterocycles. The number of esters is 1. The highest BCUT2D eigenvalue weighted by molar-refractivity contribution is 5.89. The first-order chi connectivity index (χ1) is 16.9. The van der Waals surface area contributed by atoms with Crippen molar-refractivity contribution in [3.63, 3.8) is 0 Å². The molecule has 0 saturated carbocycles. The summed E-state index contributed by atoms with van der Waals surface area (Å²) in [5, 5.41) is 36.1. The van der Waals surface area contributed by atoms with Crippen molar-refractivity contribution in [3.8, 4) is 0 Å². The summed E-state index contributed by atoms with van der Waals surface area (Å²) in [6, 6.07) is 8.19. The van der Waals surface area contributed by atoms with Crippen molar-refractivity contribution in [2.24, 2.45) is 5.41 Å². The third kappa shape index (κ3) is 9.34. The third-order valence-corrected chi connectivity index (χ3v) is 5.72. The summed E-state index contributed by atoms with van der Waals surface area (Å²) in [6.45, 7) is 5.80. The SMILES string of the molecule is COC(C(=O)NC1CCC(OC(=O)Cc2ccccc2)CNC1=O)C(O)C(O)C(O)/C=C/C(C)(C)C. The number of hydrogen-bond donors (Lipinski definition) is 5. The number of methoxy groups -OCH3 is 1. The summed E-state index contributed by atoms with van der Waals surface area (Å²) in [7, 11) is 1.17. The van der Waals surface area contributed by atoms with E-state index in [4.69, 9.17) is 9.47 Å². The lowest BCUT2D eigenvalue weighted by Gasteiger charge is -2.28.